The average Bonchev–Trinajstić information content (AvgIpc) is 3.26. The van der Waals surface area contributed by atoms with Gasteiger partial charge in [0.15, 0.2) is 5.11 Å². The van der Waals surface area contributed by atoms with E-state index in [-0.39, 0.29) is 11.6 Å². The average molecular weight is 457 g/mol. The van der Waals surface area contributed by atoms with Crippen LogP contribution in [0.1, 0.15) is 30.8 Å². The molecular weight excluding hydrogens is 434 g/mol. The minimum Gasteiger partial charge on any atom is -0.385 e. The van der Waals surface area contributed by atoms with Crippen LogP contribution >= 0.6 is 12.2 Å². The summed E-state index contributed by atoms with van der Waals surface area (Å²) in [4.78, 5) is 6.53. The minimum absolute atomic E-state index is 0.308. The fourth-order valence-corrected chi connectivity index (χ4v) is 4.00. The van der Waals surface area contributed by atoms with E-state index >= 15 is 0 Å². The Morgan fingerprint density at radius 3 is 2.41 bits per heavy atom. The number of aromatic nitrogens is 2. The number of hydrogen-bond acceptors (Lipinski definition) is 5. The molecule has 2 heterocycles. The van der Waals surface area contributed by atoms with Crippen molar-refractivity contribution < 1.29 is 18.0 Å². The van der Waals surface area contributed by atoms with E-state index in [1.165, 1.54) is 24.3 Å². The molecule has 6 nitrogen and oxygen atoms in total. The van der Waals surface area contributed by atoms with Gasteiger partial charge in [-0.15, -0.1) is 0 Å². The van der Waals surface area contributed by atoms with Crippen LogP contribution in [-0.2, 0) is 4.74 Å². The summed E-state index contributed by atoms with van der Waals surface area (Å²) >= 11 is 5.62. The van der Waals surface area contributed by atoms with Crippen molar-refractivity contribution in [3.8, 4) is 11.4 Å². The Kier molecular flexibility index (Phi) is 6.57. The number of thiocarbonyl (C=S) groups is 1. The second-order valence-electron chi connectivity index (χ2n) is 7.36. The molecule has 0 amide bonds. The molecule has 1 atom stereocenters. The molecule has 2 aromatic carbocycles. The number of ether oxygens (including phenoxy) is 1. The van der Waals surface area contributed by atoms with E-state index in [2.05, 4.69) is 15.5 Å². The molecule has 4 rings (SSSR count). The number of benzene rings is 2. The van der Waals surface area contributed by atoms with Crippen LogP contribution in [0.4, 0.5) is 8.78 Å². The molecule has 0 spiro atoms. The van der Waals surface area contributed by atoms with Gasteiger partial charge in [-0.25, -0.2) is 8.78 Å². The van der Waals surface area contributed by atoms with E-state index in [9.17, 15) is 8.78 Å². The summed E-state index contributed by atoms with van der Waals surface area (Å²) in [6.07, 6.45) is 0.773. The third-order valence-corrected chi connectivity index (χ3v) is 5.63. The van der Waals surface area contributed by atoms with Crippen LogP contribution in [0.25, 0.3) is 17.0 Å². The normalized spacial score (nSPS) is 16.4. The first kappa shape index (κ1) is 22.0. The maximum Gasteiger partial charge on any atom is 0.258 e. The van der Waals surface area contributed by atoms with E-state index in [0.29, 0.717) is 35.5 Å². The fourth-order valence-electron chi connectivity index (χ4n) is 3.65. The second-order valence-corrected chi connectivity index (χ2v) is 7.75. The van der Waals surface area contributed by atoms with Crippen molar-refractivity contribution in [3.05, 3.63) is 77.3 Å². The maximum absolute atomic E-state index is 13.5. The molecule has 0 saturated heterocycles. The summed E-state index contributed by atoms with van der Waals surface area (Å²) in [7, 11) is 1.65. The molecule has 1 aliphatic heterocycles. The third-order valence-electron chi connectivity index (χ3n) is 5.29. The summed E-state index contributed by atoms with van der Waals surface area (Å²) in [6, 6.07) is 11.7. The van der Waals surface area contributed by atoms with Crippen molar-refractivity contribution in [3.63, 3.8) is 0 Å². The number of rotatable bonds is 7. The monoisotopic (exact) mass is 456 g/mol. The predicted molar refractivity (Wildman–Crippen MR) is 120 cm³/mol. The molecule has 0 bridgehead atoms. The van der Waals surface area contributed by atoms with E-state index in [4.69, 9.17) is 21.5 Å². The summed E-state index contributed by atoms with van der Waals surface area (Å²) in [5, 5.41) is 7.96. The Hall–Kier alpha value is -3.17. The fraction of sp³-hybridized carbons (Fsp3) is 0.261. The minimum atomic E-state index is -0.400. The summed E-state index contributed by atoms with van der Waals surface area (Å²) in [5.41, 5.74) is 3.03. The van der Waals surface area contributed by atoms with E-state index in [0.717, 1.165) is 23.3 Å². The van der Waals surface area contributed by atoms with Gasteiger partial charge < -0.3 is 19.5 Å². The first-order valence-corrected chi connectivity index (χ1v) is 10.5. The SMILES string of the molecule is COCCCN1C(=S)NC(c2ccc(F)cc2)C(c2nc(-c3ccc(F)cc3)no2)=C1C. The summed E-state index contributed by atoms with van der Waals surface area (Å²) in [5.74, 6) is -0.0174. The number of hydrogen-bond donors (Lipinski definition) is 1. The zero-order chi connectivity index (χ0) is 22.7. The van der Waals surface area contributed by atoms with Crippen molar-refractivity contribution in [2.75, 3.05) is 20.3 Å². The Morgan fingerprint density at radius 2 is 1.75 bits per heavy atom. The van der Waals surface area contributed by atoms with Crippen LogP contribution in [0.15, 0.2) is 58.8 Å². The molecule has 3 aromatic rings. The smallest absolute Gasteiger partial charge is 0.258 e. The molecule has 0 saturated carbocycles. The maximum atomic E-state index is 13.5. The lowest BCUT2D eigenvalue weighted by molar-refractivity contribution is 0.188. The van der Waals surface area contributed by atoms with Gasteiger partial charge in [-0.2, -0.15) is 4.98 Å². The highest BCUT2D eigenvalue weighted by molar-refractivity contribution is 7.80. The van der Waals surface area contributed by atoms with Gasteiger partial charge in [-0.05, 0) is 67.5 Å². The van der Waals surface area contributed by atoms with Gasteiger partial charge in [-0.1, -0.05) is 17.3 Å². The lowest BCUT2D eigenvalue weighted by Gasteiger charge is -2.37. The predicted octanol–water partition coefficient (Wildman–Crippen LogP) is 4.71. The van der Waals surface area contributed by atoms with Crippen molar-refractivity contribution in [1.82, 2.24) is 20.4 Å². The molecule has 32 heavy (non-hydrogen) atoms. The van der Waals surface area contributed by atoms with Crippen LogP contribution in [0.5, 0.6) is 0 Å². The molecule has 1 N–H and O–H groups in total. The van der Waals surface area contributed by atoms with E-state index < -0.39 is 6.04 Å². The van der Waals surface area contributed by atoms with Crippen LogP contribution in [0, 0.1) is 11.6 Å². The molecule has 0 radical (unpaired) electrons. The van der Waals surface area contributed by atoms with Crippen LogP contribution in [0.2, 0.25) is 0 Å². The van der Waals surface area contributed by atoms with Gasteiger partial charge in [0.05, 0.1) is 11.6 Å². The topological polar surface area (TPSA) is 63.4 Å². The van der Waals surface area contributed by atoms with Gasteiger partial charge in [0.25, 0.3) is 5.89 Å². The standard InChI is InChI=1S/C23H22F2N4O2S/c1-14-19(22-27-21(28-31-22)16-6-10-18(25)11-7-16)20(15-4-8-17(24)9-5-15)26-23(32)29(14)12-3-13-30-2/h4-11,20H,3,12-13H2,1-2H3,(H,26,32). The molecule has 1 aromatic heterocycles. The summed E-state index contributed by atoms with van der Waals surface area (Å²) < 4.78 is 37.6. The molecule has 1 aliphatic rings. The Bertz CT molecular complexity index is 1130. The van der Waals surface area contributed by atoms with E-state index in [1.807, 2.05) is 11.8 Å². The quantitative estimate of drug-likeness (QED) is 0.408. The molecular formula is C23H22F2N4O2S. The zero-order valence-corrected chi connectivity index (χ0v) is 18.5. The largest absolute Gasteiger partial charge is 0.385 e. The molecule has 9 heteroatoms. The lowest BCUT2D eigenvalue weighted by Crippen LogP contribution is -2.46. The highest BCUT2D eigenvalue weighted by Gasteiger charge is 2.33. The zero-order valence-electron chi connectivity index (χ0n) is 17.6. The Morgan fingerprint density at radius 1 is 1.09 bits per heavy atom. The first-order chi connectivity index (χ1) is 15.5. The molecule has 166 valence electrons. The van der Waals surface area contributed by atoms with Crippen LogP contribution in [-0.4, -0.2) is 40.4 Å². The number of allylic oxidation sites excluding steroid dienone is 1. The number of halogens is 2. The van der Waals surface area contributed by atoms with E-state index in [1.54, 1.807) is 31.4 Å². The van der Waals surface area contributed by atoms with Crippen LogP contribution in [0.3, 0.4) is 0 Å². The molecule has 0 fully saturated rings. The third kappa shape index (κ3) is 4.53. The van der Waals surface area contributed by atoms with Gasteiger partial charge in [-0.3, -0.25) is 0 Å². The van der Waals surface area contributed by atoms with Crippen LogP contribution < -0.4 is 5.32 Å². The van der Waals surface area contributed by atoms with Gasteiger partial charge in [0.2, 0.25) is 5.82 Å². The highest BCUT2D eigenvalue weighted by atomic mass is 32.1. The van der Waals surface area contributed by atoms with Crippen molar-refractivity contribution >= 4 is 22.9 Å². The summed E-state index contributed by atoms with van der Waals surface area (Å²) in [6.45, 7) is 3.18. The Balaban J connectivity index is 1.76. The highest BCUT2D eigenvalue weighted by Crippen LogP contribution is 2.37. The molecule has 1 unspecified atom stereocenters. The number of methoxy groups -OCH3 is 1. The Labute approximate surface area is 189 Å². The van der Waals surface area contributed by atoms with Crippen molar-refractivity contribution in [2.45, 2.75) is 19.4 Å². The lowest BCUT2D eigenvalue weighted by atomic mass is 9.94. The number of nitrogens with zero attached hydrogens (tertiary/aromatic N) is 3. The van der Waals surface area contributed by atoms with Crippen molar-refractivity contribution in [1.29, 1.82) is 0 Å². The second kappa shape index (κ2) is 9.54. The van der Waals surface area contributed by atoms with Crippen molar-refractivity contribution in [2.24, 2.45) is 0 Å². The van der Waals surface area contributed by atoms with Gasteiger partial charge >= 0.3 is 0 Å². The molecule has 0 aliphatic carbocycles. The first-order valence-electron chi connectivity index (χ1n) is 10.1. The van der Waals surface area contributed by atoms with Gasteiger partial charge in [0, 0.05) is 31.5 Å². The number of nitrogens with one attached hydrogen (secondary N) is 1. The van der Waals surface area contributed by atoms with Gasteiger partial charge in [0.1, 0.15) is 11.6 Å².